The van der Waals surface area contributed by atoms with Crippen molar-refractivity contribution < 1.29 is 4.79 Å². The molecule has 1 aromatic rings. The first-order valence-electron chi connectivity index (χ1n) is 6.48. The fraction of sp³-hybridized carbons (Fsp3) is 0.571. The number of pyridine rings is 1. The highest BCUT2D eigenvalue weighted by Crippen LogP contribution is 2.27. The van der Waals surface area contributed by atoms with Crippen LogP contribution in [0.2, 0.25) is 0 Å². The Morgan fingerprint density at radius 3 is 2.78 bits per heavy atom. The molecule has 1 fully saturated rings. The van der Waals surface area contributed by atoms with Crippen LogP contribution in [0.5, 0.6) is 0 Å². The van der Waals surface area contributed by atoms with Crippen molar-refractivity contribution in [3.05, 3.63) is 34.2 Å². The summed E-state index contributed by atoms with van der Waals surface area (Å²) in [6.07, 6.45) is 2.68. The summed E-state index contributed by atoms with van der Waals surface area (Å²) < 4.78 is 0. The van der Waals surface area contributed by atoms with E-state index in [1.54, 1.807) is 6.07 Å². The van der Waals surface area contributed by atoms with Crippen LogP contribution in [0.25, 0.3) is 0 Å². The van der Waals surface area contributed by atoms with Crippen molar-refractivity contribution >= 4 is 5.91 Å². The second-order valence-electron chi connectivity index (χ2n) is 5.46. The van der Waals surface area contributed by atoms with Crippen LogP contribution < -0.4 is 5.56 Å². The number of carbonyl (C=O) groups excluding carboxylic acids is 1. The molecule has 1 aliphatic heterocycles. The average molecular weight is 248 g/mol. The highest BCUT2D eigenvalue weighted by molar-refractivity contribution is 5.94. The lowest BCUT2D eigenvalue weighted by molar-refractivity contribution is 0.0455. The number of nitrogens with zero attached hydrogens (tertiary/aromatic N) is 1. The third kappa shape index (κ3) is 2.47. The van der Waals surface area contributed by atoms with Crippen LogP contribution >= 0.6 is 0 Å². The molecule has 18 heavy (non-hydrogen) atoms. The number of aromatic amines is 1. The van der Waals surface area contributed by atoms with E-state index in [1.165, 1.54) is 12.3 Å². The van der Waals surface area contributed by atoms with E-state index in [4.69, 9.17) is 0 Å². The van der Waals surface area contributed by atoms with Crippen molar-refractivity contribution in [2.24, 2.45) is 11.8 Å². The lowest BCUT2D eigenvalue weighted by Crippen LogP contribution is -2.49. The first kappa shape index (κ1) is 12.9. The number of amides is 1. The van der Waals surface area contributed by atoms with E-state index in [1.807, 2.05) is 4.90 Å². The van der Waals surface area contributed by atoms with Crippen LogP contribution in [0.4, 0.5) is 0 Å². The molecule has 1 amide bonds. The minimum Gasteiger partial charge on any atom is -0.335 e. The molecule has 1 N–H and O–H groups in total. The Balaban J connectivity index is 2.25. The Labute approximate surface area is 107 Å². The fourth-order valence-corrected chi connectivity index (χ4v) is 2.73. The molecule has 1 aliphatic rings. The van der Waals surface area contributed by atoms with Crippen LogP contribution in [0.3, 0.4) is 0 Å². The molecule has 0 aliphatic carbocycles. The number of aromatic nitrogens is 1. The van der Waals surface area contributed by atoms with Crippen molar-refractivity contribution in [3.63, 3.8) is 0 Å². The molecule has 2 heterocycles. The van der Waals surface area contributed by atoms with Crippen LogP contribution in [0.1, 0.15) is 37.6 Å². The summed E-state index contributed by atoms with van der Waals surface area (Å²) in [6.45, 7) is 7.21. The Bertz CT molecular complexity index is 495. The molecule has 2 rings (SSSR count). The molecule has 98 valence electrons. The normalized spacial score (nSPS) is 28.2. The van der Waals surface area contributed by atoms with Crippen molar-refractivity contribution in [2.45, 2.75) is 33.2 Å². The zero-order chi connectivity index (χ0) is 13.3. The Morgan fingerprint density at radius 2 is 2.11 bits per heavy atom. The second kappa shape index (κ2) is 4.96. The Kier molecular flexibility index (Phi) is 3.55. The predicted octanol–water partition coefficient (Wildman–Crippen LogP) is 1.88. The van der Waals surface area contributed by atoms with Gasteiger partial charge in [-0.05, 0) is 31.2 Å². The van der Waals surface area contributed by atoms with E-state index in [0.717, 1.165) is 13.0 Å². The van der Waals surface area contributed by atoms with Gasteiger partial charge in [0.1, 0.15) is 0 Å². The largest absolute Gasteiger partial charge is 0.335 e. The lowest BCUT2D eigenvalue weighted by atomic mass is 9.85. The number of piperidine rings is 1. The topological polar surface area (TPSA) is 53.2 Å². The first-order chi connectivity index (χ1) is 8.49. The Morgan fingerprint density at radius 1 is 1.39 bits per heavy atom. The monoisotopic (exact) mass is 248 g/mol. The number of H-pyrrole nitrogens is 1. The van der Waals surface area contributed by atoms with E-state index in [2.05, 4.69) is 25.8 Å². The predicted molar refractivity (Wildman–Crippen MR) is 70.5 cm³/mol. The number of hydrogen-bond donors (Lipinski definition) is 1. The lowest BCUT2D eigenvalue weighted by Gasteiger charge is -2.41. The maximum atomic E-state index is 12.4. The molecule has 4 heteroatoms. The van der Waals surface area contributed by atoms with Gasteiger partial charge < -0.3 is 9.88 Å². The SMILES string of the molecule is CC1CC(C)C(C)N(C(=O)c2cc[nH]c(=O)c2)C1. The van der Waals surface area contributed by atoms with E-state index < -0.39 is 0 Å². The van der Waals surface area contributed by atoms with Gasteiger partial charge >= 0.3 is 0 Å². The summed E-state index contributed by atoms with van der Waals surface area (Å²) in [4.78, 5) is 28.1. The van der Waals surface area contributed by atoms with Crippen LogP contribution in [0, 0.1) is 11.8 Å². The van der Waals surface area contributed by atoms with Gasteiger partial charge in [0.15, 0.2) is 0 Å². The molecule has 1 saturated heterocycles. The van der Waals surface area contributed by atoms with Crippen molar-refractivity contribution in [1.82, 2.24) is 9.88 Å². The first-order valence-corrected chi connectivity index (χ1v) is 6.48. The molecule has 1 aromatic heterocycles. The molecular formula is C14H20N2O2. The third-order valence-corrected chi connectivity index (χ3v) is 3.88. The summed E-state index contributed by atoms with van der Waals surface area (Å²) in [6, 6.07) is 3.27. The highest BCUT2D eigenvalue weighted by Gasteiger charge is 2.32. The zero-order valence-electron chi connectivity index (χ0n) is 11.1. The second-order valence-corrected chi connectivity index (χ2v) is 5.46. The summed E-state index contributed by atoms with van der Waals surface area (Å²) >= 11 is 0. The standard InChI is InChI=1S/C14H20N2O2/c1-9-6-10(2)11(3)16(8-9)14(18)12-4-5-15-13(17)7-12/h4-5,7,9-11H,6,8H2,1-3H3,(H,15,17). The van der Waals surface area contributed by atoms with Gasteiger partial charge in [-0.2, -0.15) is 0 Å². The van der Waals surface area contributed by atoms with E-state index in [-0.39, 0.29) is 17.5 Å². The Hall–Kier alpha value is -1.58. The molecule has 0 aromatic carbocycles. The summed E-state index contributed by atoms with van der Waals surface area (Å²) in [5.74, 6) is 0.980. The van der Waals surface area contributed by atoms with E-state index in [9.17, 15) is 9.59 Å². The molecule has 0 bridgehead atoms. The maximum Gasteiger partial charge on any atom is 0.254 e. The van der Waals surface area contributed by atoms with Crippen LogP contribution in [-0.2, 0) is 0 Å². The zero-order valence-corrected chi connectivity index (χ0v) is 11.1. The van der Waals surface area contributed by atoms with Gasteiger partial charge in [-0.25, -0.2) is 0 Å². The average Bonchev–Trinajstić information content (AvgIpc) is 2.33. The maximum absolute atomic E-state index is 12.4. The minimum absolute atomic E-state index is 0.0352. The molecule has 0 radical (unpaired) electrons. The number of carbonyl (C=O) groups is 1. The third-order valence-electron chi connectivity index (χ3n) is 3.88. The van der Waals surface area contributed by atoms with Gasteiger partial charge in [-0.15, -0.1) is 0 Å². The highest BCUT2D eigenvalue weighted by atomic mass is 16.2. The van der Waals surface area contributed by atoms with Gasteiger partial charge in [-0.1, -0.05) is 13.8 Å². The van der Waals surface area contributed by atoms with Crippen molar-refractivity contribution in [2.75, 3.05) is 6.54 Å². The number of nitrogens with one attached hydrogen (secondary N) is 1. The molecule has 0 saturated carbocycles. The van der Waals surface area contributed by atoms with Gasteiger partial charge in [-0.3, -0.25) is 9.59 Å². The van der Waals surface area contributed by atoms with Crippen LogP contribution in [0.15, 0.2) is 23.1 Å². The fourth-order valence-electron chi connectivity index (χ4n) is 2.73. The summed E-state index contributed by atoms with van der Waals surface area (Å²) in [5, 5.41) is 0. The van der Waals surface area contributed by atoms with Gasteiger partial charge in [0, 0.05) is 30.4 Å². The molecule has 4 nitrogen and oxygen atoms in total. The molecule has 3 atom stereocenters. The molecule has 3 unspecified atom stereocenters. The number of likely N-dealkylation sites (tertiary alicyclic amines) is 1. The van der Waals surface area contributed by atoms with Crippen molar-refractivity contribution in [1.29, 1.82) is 0 Å². The quantitative estimate of drug-likeness (QED) is 0.825. The van der Waals surface area contributed by atoms with Gasteiger partial charge in [0.2, 0.25) is 5.56 Å². The van der Waals surface area contributed by atoms with Gasteiger partial charge in [0.25, 0.3) is 5.91 Å². The van der Waals surface area contributed by atoms with Crippen molar-refractivity contribution in [3.8, 4) is 0 Å². The number of rotatable bonds is 1. The van der Waals surface area contributed by atoms with E-state index in [0.29, 0.717) is 17.4 Å². The smallest absolute Gasteiger partial charge is 0.254 e. The molecular weight excluding hydrogens is 228 g/mol. The summed E-state index contributed by atoms with van der Waals surface area (Å²) in [7, 11) is 0. The van der Waals surface area contributed by atoms with Gasteiger partial charge in [0.05, 0.1) is 0 Å². The molecule has 0 spiro atoms. The van der Waals surface area contributed by atoms with E-state index >= 15 is 0 Å². The number of hydrogen-bond acceptors (Lipinski definition) is 2. The minimum atomic E-state index is -0.230. The summed E-state index contributed by atoms with van der Waals surface area (Å²) in [5.41, 5.74) is 0.249. The van der Waals surface area contributed by atoms with Crippen LogP contribution in [-0.4, -0.2) is 28.4 Å².